The van der Waals surface area contributed by atoms with Crippen LogP contribution in [0.3, 0.4) is 0 Å². The van der Waals surface area contributed by atoms with E-state index in [1.165, 1.54) is 6.07 Å². The van der Waals surface area contributed by atoms with Gasteiger partial charge >= 0.3 is 5.69 Å². The van der Waals surface area contributed by atoms with E-state index in [0.717, 1.165) is 24.4 Å². The summed E-state index contributed by atoms with van der Waals surface area (Å²) in [7, 11) is 1.86. The van der Waals surface area contributed by atoms with Gasteiger partial charge in [-0.15, -0.1) is 0 Å². The number of likely N-dealkylation sites (N-methyl/N-ethyl adjacent to an activating group) is 1. The first kappa shape index (κ1) is 20.7. The Balaban J connectivity index is 1.51. The summed E-state index contributed by atoms with van der Waals surface area (Å²) in [5.41, 5.74) is -0.538. The molecule has 10 heteroatoms. The van der Waals surface area contributed by atoms with E-state index < -0.39 is 29.0 Å². The number of anilines is 1. The van der Waals surface area contributed by atoms with E-state index in [1.807, 2.05) is 25.8 Å². The molecule has 1 aromatic carbocycles. The Labute approximate surface area is 175 Å². The number of benzene rings is 1. The molecule has 0 saturated carbocycles. The average Bonchev–Trinajstić information content (AvgIpc) is 2.94. The van der Waals surface area contributed by atoms with Crippen molar-refractivity contribution in [1.29, 1.82) is 0 Å². The lowest BCUT2D eigenvalue weighted by Crippen LogP contribution is -2.38. The summed E-state index contributed by atoms with van der Waals surface area (Å²) >= 11 is 0. The van der Waals surface area contributed by atoms with Crippen molar-refractivity contribution < 1.29 is 22.6 Å². The third-order valence-corrected chi connectivity index (χ3v) is 5.13. The van der Waals surface area contributed by atoms with Gasteiger partial charge in [-0.2, -0.15) is 9.37 Å². The molecule has 0 N–H and O–H groups in total. The van der Waals surface area contributed by atoms with Crippen LogP contribution >= 0.6 is 0 Å². The van der Waals surface area contributed by atoms with Gasteiger partial charge in [0.25, 0.3) is 0 Å². The van der Waals surface area contributed by atoms with Crippen LogP contribution in [0.15, 0.2) is 41.3 Å². The Kier molecular flexibility index (Phi) is 5.08. The maximum atomic E-state index is 14.4. The number of nitrogens with zero attached hydrogens (tertiary/aromatic N) is 4. The van der Waals surface area contributed by atoms with Crippen molar-refractivity contribution >= 4 is 5.82 Å². The zero-order valence-corrected chi connectivity index (χ0v) is 17.0. The third kappa shape index (κ3) is 4.05. The van der Waals surface area contributed by atoms with Crippen LogP contribution in [0.1, 0.15) is 19.4 Å². The quantitative estimate of drug-likeness (QED) is 0.574. The highest BCUT2D eigenvalue weighted by atomic mass is 19.1. The minimum absolute atomic E-state index is 0.0157. The van der Waals surface area contributed by atoms with E-state index >= 15 is 0 Å². The second-order valence-electron chi connectivity index (χ2n) is 7.79. The van der Waals surface area contributed by atoms with E-state index in [0.29, 0.717) is 12.4 Å². The molecule has 2 aromatic heterocycles. The van der Waals surface area contributed by atoms with Crippen LogP contribution in [0.5, 0.6) is 17.4 Å². The summed E-state index contributed by atoms with van der Waals surface area (Å²) in [5.74, 6) is -2.63. The highest BCUT2D eigenvalue weighted by Gasteiger charge is 2.34. The van der Waals surface area contributed by atoms with Gasteiger partial charge in [0.15, 0.2) is 17.4 Å². The van der Waals surface area contributed by atoms with Gasteiger partial charge in [0.2, 0.25) is 11.8 Å². The molecule has 0 radical (unpaired) electrons. The summed E-state index contributed by atoms with van der Waals surface area (Å²) in [5, 5.41) is 0. The van der Waals surface area contributed by atoms with E-state index in [4.69, 9.17) is 9.47 Å². The second kappa shape index (κ2) is 7.60. The number of hydrogen-bond acceptors (Lipinski definition) is 6. The number of pyridine rings is 1. The van der Waals surface area contributed by atoms with Gasteiger partial charge in [-0.05, 0) is 43.7 Å². The van der Waals surface area contributed by atoms with E-state index in [-0.39, 0.29) is 29.3 Å². The second-order valence-corrected chi connectivity index (χ2v) is 7.79. The van der Waals surface area contributed by atoms with E-state index in [1.54, 1.807) is 10.6 Å². The fraction of sp³-hybridized carbons (Fsp3) is 0.286. The first-order valence-electron chi connectivity index (χ1n) is 9.40. The number of hydrogen-bond donors (Lipinski definition) is 0. The van der Waals surface area contributed by atoms with Crippen molar-refractivity contribution in [3.63, 3.8) is 0 Å². The Morgan fingerprint density at radius 2 is 1.84 bits per heavy atom. The first-order valence-corrected chi connectivity index (χ1v) is 9.40. The number of halogens is 3. The van der Waals surface area contributed by atoms with Gasteiger partial charge < -0.3 is 14.4 Å². The van der Waals surface area contributed by atoms with Crippen LogP contribution in [-0.4, -0.2) is 27.1 Å². The molecule has 0 saturated heterocycles. The molecule has 0 amide bonds. The topological polar surface area (TPSA) is 69.5 Å². The fourth-order valence-electron chi connectivity index (χ4n) is 3.27. The third-order valence-electron chi connectivity index (χ3n) is 5.13. The molecule has 0 unspecified atom stereocenters. The van der Waals surface area contributed by atoms with Crippen LogP contribution in [0.4, 0.5) is 19.0 Å². The van der Waals surface area contributed by atoms with Crippen LogP contribution in [0, 0.1) is 17.6 Å². The molecule has 4 rings (SSSR count). The van der Waals surface area contributed by atoms with E-state index in [2.05, 4.69) is 9.97 Å². The summed E-state index contributed by atoms with van der Waals surface area (Å²) in [6.45, 7) is 4.27. The summed E-state index contributed by atoms with van der Waals surface area (Å²) < 4.78 is 53.8. The lowest BCUT2D eigenvalue weighted by molar-refractivity contribution is 0.289. The van der Waals surface area contributed by atoms with Crippen molar-refractivity contribution in [2.24, 2.45) is 0 Å². The van der Waals surface area contributed by atoms with Gasteiger partial charge in [-0.25, -0.2) is 18.6 Å². The number of aromatic nitrogens is 3. The Morgan fingerprint density at radius 1 is 1.13 bits per heavy atom. The number of fused-ring (bicyclic) bond motifs is 1. The first-order chi connectivity index (χ1) is 14.6. The van der Waals surface area contributed by atoms with Crippen molar-refractivity contribution in [2.75, 3.05) is 11.9 Å². The summed E-state index contributed by atoms with van der Waals surface area (Å²) in [6, 6.07) is 5.92. The van der Waals surface area contributed by atoms with Crippen molar-refractivity contribution in [1.82, 2.24) is 14.5 Å². The van der Waals surface area contributed by atoms with Crippen LogP contribution in [0.25, 0.3) is 0 Å². The van der Waals surface area contributed by atoms with Crippen molar-refractivity contribution in [2.45, 2.75) is 32.5 Å². The zero-order chi connectivity index (χ0) is 22.3. The maximum Gasteiger partial charge on any atom is 0.352 e. The normalized spacial score (nSPS) is 14.5. The van der Waals surface area contributed by atoms with Gasteiger partial charge in [-0.3, -0.25) is 4.57 Å². The molecule has 1 aliphatic heterocycles. The van der Waals surface area contributed by atoms with Gasteiger partial charge in [0.05, 0.1) is 18.3 Å². The molecule has 31 heavy (non-hydrogen) atoms. The Hall–Kier alpha value is -3.56. The lowest BCUT2D eigenvalue weighted by Gasteiger charge is -2.28. The lowest BCUT2D eigenvalue weighted by atomic mass is 10.1. The van der Waals surface area contributed by atoms with Crippen LogP contribution < -0.4 is 20.1 Å². The molecule has 3 aromatic rings. The highest BCUT2D eigenvalue weighted by Crippen LogP contribution is 2.32. The molecule has 0 spiro atoms. The summed E-state index contributed by atoms with van der Waals surface area (Å²) in [4.78, 5) is 21.5. The minimum atomic E-state index is -0.966. The number of ether oxygens (including phenoxy) is 2. The zero-order valence-electron chi connectivity index (χ0n) is 17.0. The predicted molar refractivity (Wildman–Crippen MR) is 106 cm³/mol. The molecule has 0 fully saturated rings. The van der Waals surface area contributed by atoms with Gasteiger partial charge in [-0.1, -0.05) is 0 Å². The largest absolute Gasteiger partial charge is 0.473 e. The van der Waals surface area contributed by atoms with Crippen molar-refractivity contribution in [3.8, 4) is 17.4 Å². The highest BCUT2D eigenvalue weighted by molar-refractivity contribution is 5.48. The molecule has 1 aliphatic rings. The Bertz CT molecular complexity index is 1170. The van der Waals surface area contributed by atoms with Crippen LogP contribution in [-0.2, 0) is 13.2 Å². The van der Waals surface area contributed by atoms with Gasteiger partial charge in [0, 0.05) is 13.1 Å². The molecular formula is C21H19F3N4O3. The van der Waals surface area contributed by atoms with Crippen molar-refractivity contribution in [3.05, 3.63) is 70.2 Å². The molecule has 0 atom stereocenters. The molecule has 0 aliphatic carbocycles. The fourth-order valence-corrected chi connectivity index (χ4v) is 3.27. The molecular weight excluding hydrogens is 413 g/mol. The van der Waals surface area contributed by atoms with E-state index in [9.17, 15) is 18.0 Å². The number of rotatable bonds is 5. The Morgan fingerprint density at radius 3 is 2.48 bits per heavy atom. The summed E-state index contributed by atoms with van der Waals surface area (Å²) in [6.07, 6.45) is 1.02. The molecule has 0 bridgehead atoms. The molecule has 3 heterocycles. The SMILES string of the molecule is CN1c2cc(OCc3cc(F)c(Oc4ccc(F)nc4)c(F)c3)nc(=O)n2CC1(C)C. The maximum absolute atomic E-state index is 14.4. The monoisotopic (exact) mass is 432 g/mol. The average molecular weight is 432 g/mol. The molecule has 162 valence electrons. The predicted octanol–water partition coefficient (Wildman–Crippen LogP) is 3.66. The smallest absolute Gasteiger partial charge is 0.352 e. The van der Waals surface area contributed by atoms with Gasteiger partial charge in [0.1, 0.15) is 18.2 Å². The van der Waals surface area contributed by atoms with Crippen LogP contribution in [0.2, 0.25) is 0 Å². The standard InChI is InChI=1S/C21H19F3N4O3/c1-21(2)11-28-18(27(21)3)8-17(26-20(28)29)30-10-12-6-14(22)19(15(23)7-12)31-13-4-5-16(24)25-9-13/h4-9H,10-11H2,1-3H3. The minimum Gasteiger partial charge on any atom is -0.473 e. The molecule has 7 nitrogen and oxygen atoms in total.